The van der Waals surface area contributed by atoms with Gasteiger partial charge in [-0.15, -0.1) is 0 Å². The monoisotopic (exact) mass is 292 g/mol. The third kappa shape index (κ3) is 4.03. The fraction of sp³-hybridized carbons (Fsp3) is 0.333. The number of hydrogen-bond donors (Lipinski definition) is 1. The third-order valence-electron chi connectivity index (χ3n) is 2.00. The zero-order chi connectivity index (χ0) is 14.1. The van der Waals surface area contributed by atoms with Crippen molar-refractivity contribution in [1.82, 2.24) is 0 Å². The second-order valence-electron chi connectivity index (χ2n) is 3.48. The number of hydrogen-bond acceptors (Lipinski definition) is 1. The first-order chi connectivity index (χ1) is 8.00. The maximum Gasteiger partial charge on any atom is 0.416 e. The van der Waals surface area contributed by atoms with E-state index < -0.39 is 43.2 Å². The molecular weight excluding hydrogens is 285 g/mol. The van der Waals surface area contributed by atoms with Gasteiger partial charge < -0.3 is 4.89 Å². The predicted octanol–water partition coefficient (Wildman–Crippen LogP) is 3.69. The van der Waals surface area contributed by atoms with Gasteiger partial charge in [-0.2, -0.15) is 26.3 Å². The van der Waals surface area contributed by atoms with E-state index in [2.05, 4.69) is 0 Å². The topological polar surface area (TPSA) is 37.3 Å². The van der Waals surface area contributed by atoms with Crippen molar-refractivity contribution in [2.75, 3.05) is 0 Å². The Morgan fingerprint density at radius 1 is 0.944 bits per heavy atom. The molecule has 0 fully saturated rings. The number of alkyl halides is 6. The highest BCUT2D eigenvalue weighted by Gasteiger charge is 2.36. The van der Waals surface area contributed by atoms with Crippen molar-refractivity contribution in [2.45, 2.75) is 18.5 Å². The second-order valence-corrected chi connectivity index (χ2v) is 4.63. The van der Waals surface area contributed by atoms with Gasteiger partial charge in [-0.05, 0) is 23.8 Å². The lowest BCUT2D eigenvalue weighted by Crippen LogP contribution is -2.11. The highest BCUT2D eigenvalue weighted by Crippen LogP contribution is 2.37. The molecule has 0 heterocycles. The molecule has 1 unspecified atom stereocenters. The zero-order valence-electron chi connectivity index (χ0n) is 8.56. The highest BCUT2D eigenvalue weighted by molar-refractivity contribution is 7.37. The Balaban J connectivity index is 3.34. The Kier molecular flexibility index (Phi) is 4.12. The van der Waals surface area contributed by atoms with E-state index in [4.69, 9.17) is 4.89 Å². The van der Waals surface area contributed by atoms with Crippen molar-refractivity contribution in [3.8, 4) is 0 Å². The van der Waals surface area contributed by atoms with Gasteiger partial charge in [-0.3, -0.25) is 4.57 Å². The van der Waals surface area contributed by atoms with Crippen molar-refractivity contribution >= 4 is 8.03 Å². The van der Waals surface area contributed by atoms with Crippen LogP contribution in [0.15, 0.2) is 18.2 Å². The Morgan fingerprint density at radius 3 is 1.61 bits per heavy atom. The molecule has 0 radical (unpaired) electrons. The molecule has 9 heteroatoms. The van der Waals surface area contributed by atoms with Crippen LogP contribution < -0.4 is 0 Å². The van der Waals surface area contributed by atoms with Crippen molar-refractivity contribution in [3.63, 3.8) is 0 Å². The van der Waals surface area contributed by atoms with Crippen LogP contribution in [0.4, 0.5) is 26.3 Å². The van der Waals surface area contributed by atoms with Gasteiger partial charge in [-0.1, -0.05) is 0 Å². The summed E-state index contributed by atoms with van der Waals surface area (Å²) in [7, 11) is -3.19. The van der Waals surface area contributed by atoms with E-state index in [1.807, 2.05) is 0 Å². The average molecular weight is 292 g/mol. The van der Waals surface area contributed by atoms with Gasteiger partial charge >= 0.3 is 12.4 Å². The quantitative estimate of drug-likeness (QED) is 0.666. The van der Waals surface area contributed by atoms with E-state index in [0.29, 0.717) is 12.1 Å². The SMILES string of the molecule is O=[PH](O)Cc1cc(C(F)(F)F)cc(C(F)(F)F)c1. The molecule has 1 rings (SSSR count). The van der Waals surface area contributed by atoms with Gasteiger partial charge in [0.15, 0.2) is 8.03 Å². The molecule has 1 aromatic carbocycles. The van der Waals surface area contributed by atoms with E-state index >= 15 is 0 Å². The lowest BCUT2D eigenvalue weighted by atomic mass is 10.1. The first-order valence-corrected chi connectivity index (χ1v) is 6.06. The zero-order valence-corrected chi connectivity index (χ0v) is 9.56. The molecular formula is C9H7F6O2P. The maximum absolute atomic E-state index is 12.4. The van der Waals surface area contributed by atoms with Crippen LogP contribution in [-0.4, -0.2) is 4.89 Å². The minimum Gasteiger partial charge on any atom is -0.346 e. The molecule has 0 aliphatic heterocycles. The molecule has 102 valence electrons. The Bertz CT molecular complexity index is 433. The van der Waals surface area contributed by atoms with E-state index in [1.165, 1.54) is 0 Å². The summed E-state index contributed by atoms with van der Waals surface area (Å²) in [5, 5.41) is 0. The van der Waals surface area contributed by atoms with Crippen LogP contribution in [0, 0.1) is 0 Å². The van der Waals surface area contributed by atoms with Crippen LogP contribution in [0.3, 0.4) is 0 Å². The summed E-state index contributed by atoms with van der Waals surface area (Å²) < 4.78 is 84.8. The Labute approximate surface area is 98.1 Å². The summed E-state index contributed by atoms with van der Waals surface area (Å²) in [6, 6.07) is 0.847. The molecule has 1 aromatic rings. The smallest absolute Gasteiger partial charge is 0.346 e. The van der Waals surface area contributed by atoms with Gasteiger partial charge in [0.1, 0.15) is 0 Å². The second kappa shape index (κ2) is 4.93. The molecule has 0 amide bonds. The summed E-state index contributed by atoms with van der Waals surface area (Å²) in [5.74, 6) is 0. The molecule has 0 aliphatic rings. The van der Waals surface area contributed by atoms with Crippen LogP contribution >= 0.6 is 8.03 Å². The van der Waals surface area contributed by atoms with Gasteiger partial charge in [-0.25, -0.2) is 0 Å². The van der Waals surface area contributed by atoms with Crippen molar-refractivity contribution in [2.24, 2.45) is 0 Å². The van der Waals surface area contributed by atoms with Gasteiger partial charge in [0.25, 0.3) is 0 Å². The normalized spacial score (nSPS) is 14.6. The minimum absolute atomic E-state index is 0.0297. The van der Waals surface area contributed by atoms with E-state index in [-0.39, 0.29) is 6.07 Å². The molecule has 2 nitrogen and oxygen atoms in total. The maximum atomic E-state index is 12.4. The van der Waals surface area contributed by atoms with Gasteiger partial charge in [0, 0.05) is 6.16 Å². The molecule has 0 bridgehead atoms. The Hall–Kier alpha value is -1.01. The van der Waals surface area contributed by atoms with Gasteiger partial charge in [0.2, 0.25) is 0 Å². The van der Waals surface area contributed by atoms with Crippen LogP contribution in [0.25, 0.3) is 0 Å². The van der Waals surface area contributed by atoms with Crippen molar-refractivity contribution in [3.05, 3.63) is 34.9 Å². The average Bonchev–Trinajstić information content (AvgIpc) is 2.13. The summed E-state index contributed by atoms with van der Waals surface area (Å²) in [6.45, 7) is 0. The predicted molar refractivity (Wildman–Crippen MR) is 51.4 cm³/mol. The standard InChI is InChI=1S/C9H7F6O2P/c10-8(11,12)6-1-5(4-18(16)17)2-7(3-6)9(13,14)15/h1-3,18H,4H2,(H,16,17). The first kappa shape index (κ1) is 15.0. The van der Waals surface area contributed by atoms with E-state index in [1.54, 1.807) is 0 Å². The molecule has 0 aliphatic carbocycles. The molecule has 0 saturated carbocycles. The van der Waals surface area contributed by atoms with E-state index in [0.717, 1.165) is 0 Å². The molecule has 18 heavy (non-hydrogen) atoms. The summed E-state index contributed by atoms with van der Waals surface area (Å²) in [5.41, 5.74) is -3.45. The lowest BCUT2D eigenvalue weighted by Gasteiger charge is -2.13. The van der Waals surface area contributed by atoms with Gasteiger partial charge in [0.05, 0.1) is 11.1 Å². The van der Waals surface area contributed by atoms with Crippen molar-refractivity contribution in [1.29, 1.82) is 0 Å². The fourth-order valence-electron chi connectivity index (χ4n) is 1.30. The van der Waals surface area contributed by atoms with Crippen LogP contribution in [0.5, 0.6) is 0 Å². The summed E-state index contributed by atoms with van der Waals surface area (Å²) in [4.78, 5) is 8.58. The molecule has 0 spiro atoms. The van der Waals surface area contributed by atoms with Crippen LogP contribution in [0.1, 0.15) is 16.7 Å². The summed E-state index contributed by atoms with van der Waals surface area (Å²) >= 11 is 0. The largest absolute Gasteiger partial charge is 0.416 e. The lowest BCUT2D eigenvalue weighted by molar-refractivity contribution is -0.143. The third-order valence-corrected chi connectivity index (χ3v) is 2.71. The van der Waals surface area contributed by atoms with Crippen LogP contribution in [0.2, 0.25) is 0 Å². The molecule has 0 saturated heterocycles. The summed E-state index contributed by atoms with van der Waals surface area (Å²) in [6.07, 6.45) is -10.6. The number of halogens is 6. The minimum atomic E-state index is -4.94. The van der Waals surface area contributed by atoms with E-state index in [9.17, 15) is 30.9 Å². The highest BCUT2D eigenvalue weighted by atomic mass is 31.1. The van der Waals surface area contributed by atoms with Crippen LogP contribution in [-0.2, 0) is 23.1 Å². The first-order valence-electron chi connectivity index (χ1n) is 4.50. The number of rotatable bonds is 2. The molecule has 1 atom stereocenters. The van der Waals surface area contributed by atoms with Crippen molar-refractivity contribution < 1.29 is 35.8 Å². The molecule has 1 N–H and O–H groups in total. The molecule has 0 aromatic heterocycles. The Morgan fingerprint density at radius 2 is 1.33 bits per heavy atom. The number of benzene rings is 1. The fourth-order valence-corrected chi connectivity index (χ4v) is 1.85.